The highest BCUT2D eigenvalue weighted by atomic mass is 16.5. The third kappa shape index (κ3) is 12.3. The molecule has 0 aromatic heterocycles. The summed E-state index contributed by atoms with van der Waals surface area (Å²) in [6.45, 7) is 13.6. The van der Waals surface area contributed by atoms with E-state index in [1.165, 1.54) is 0 Å². The second-order valence-corrected chi connectivity index (χ2v) is 10.3. The lowest BCUT2D eigenvalue weighted by molar-refractivity contribution is -0.132. The molecule has 0 spiro atoms. The molecule has 6 nitrogen and oxygen atoms in total. The Kier molecular flexibility index (Phi) is 14.0. The van der Waals surface area contributed by atoms with Gasteiger partial charge in [0.1, 0.15) is 11.9 Å². The fourth-order valence-electron chi connectivity index (χ4n) is 4.44. The molecule has 0 aliphatic carbocycles. The van der Waals surface area contributed by atoms with Crippen molar-refractivity contribution in [1.82, 2.24) is 0 Å². The van der Waals surface area contributed by atoms with Crippen molar-refractivity contribution in [2.45, 2.75) is 73.5 Å². The molecule has 37 heavy (non-hydrogen) atoms. The summed E-state index contributed by atoms with van der Waals surface area (Å²) in [6, 6.07) is 0. The second-order valence-electron chi connectivity index (χ2n) is 10.3. The monoisotopic (exact) mass is 512 g/mol. The molecule has 5 unspecified atom stereocenters. The van der Waals surface area contributed by atoms with E-state index in [1.807, 2.05) is 45.9 Å². The van der Waals surface area contributed by atoms with Crippen LogP contribution < -0.4 is 0 Å². The third-order valence-electron chi connectivity index (χ3n) is 6.42. The standard InChI is InChI=1S/C31H44O6/c1-20(16-22(3)13-14-28-27(32)12-9-15-37-28)10-8-11-21(2)17-24(5)30(35)26(7)31(36)25(6)18-23(4)19-29(33)34/h8-9,11-14,16-17,19-20,24-26,28,31,36H,10,15,18H2,1-7H3,(H,33,34)/b11-8+,14-13+,21-17+,22-16-,23-19+/t20?,24?,25?,26?,28-,31?/m0/s1. The summed E-state index contributed by atoms with van der Waals surface area (Å²) in [5.74, 6) is -1.92. The van der Waals surface area contributed by atoms with Crippen LogP contribution in [0, 0.1) is 23.7 Å². The molecule has 0 aromatic rings. The number of hydrogen-bond donors (Lipinski definition) is 2. The van der Waals surface area contributed by atoms with Gasteiger partial charge in [0.2, 0.25) is 0 Å². The van der Waals surface area contributed by atoms with Gasteiger partial charge < -0.3 is 14.9 Å². The van der Waals surface area contributed by atoms with Crippen molar-refractivity contribution in [2.24, 2.45) is 23.7 Å². The quantitative estimate of drug-likeness (QED) is 0.225. The summed E-state index contributed by atoms with van der Waals surface area (Å²) in [5, 5.41) is 19.5. The Balaban J connectivity index is 2.62. The first-order valence-electron chi connectivity index (χ1n) is 13.0. The van der Waals surface area contributed by atoms with Crippen LogP contribution in [-0.4, -0.2) is 46.6 Å². The summed E-state index contributed by atoms with van der Waals surface area (Å²) in [6.07, 6.45) is 16.2. The van der Waals surface area contributed by atoms with Crippen molar-refractivity contribution >= 4 is 17.5 Å². The van der Waals surface area contributed by atoms with Gasteiger partial charge in [-0.15, -0.1) is 0 Å². The number of hydrogen-bond acceptors (Lipinski definition) is 5. The van der Waals surface area contributed by atoms with E-state index < -0.39 is 24.1 Å². The molecule has 6 atom stereocenters. The van der Waals surface area contributed by atoms with E-state index >= 15 is 0 Å². The highest BCUT2D eigenvalue weighted by Gasteiger charge is 2.29. The van der Waals surface area contributed by atoms with E-state index in [0.717, 1.165) is 23.6 Å². The molecular formula is C31H44O6. The number of carbonyl (C=O) groups excluding carboxylic acids is 2. The summed E-state index contributed by atoms with van der Waals surface area (Å²) in [7, 11) is 0. The van der Waals surface area contributed by atoms with E-state index in [2.05, 4.69) is 19.1 Å². The molecule has 1 heterocycles. The summed E-state index contributed by atoms with van der Waals surface area (Å²) in [5.41, 5.74) is 2.70. The minimum absolute atomic E-state index is 0.0392. The van der Waals surface area contributed by atoms with Crippen LogP contribution in [0.4, 0.5) is 0 Å². The zero-order valence-electron chi connectivity index (χ0n) is 23.3. The van der Waals surface area contributed by atoms with Gasteiger partial charge in [0.25, 0.3) is 0 Å². The highest BCUT2D eigenvalue weighted by molar-refractivity contribution is 5.95. The average Bonchev–Trinajstić information content (AvgIpc) is 2.81. The number of Topliss-reactive ketones (excluding diaryl/α,β-unsaturated/α-hetero) is 1. The number of aliphatic carboxylic acids is 1. The van der Waals surface area contributed by atoms with Gasteiger partial charge in [-0.05, 0) is 57.6 Å². The molecule has 6 heteroatoms. The Labute approximate surface area is 222 Å². The smallest absolute Gasteiger partial charge is 0.328 e. The fraction of sp³-hybridized carbons (Fsp3) is 0.516. The van der Waals surface area contributed by atoms with Crippen LogP contribution >= 0.6 is 0 Å². The van der Waals surface area contributed by atoms with Crippen LogP contribution in [0.15, 0.2) is 71.4 Å². The van der Waals surface area contributed by atoms with Crippen molar-refractivity contribution in [3.05, 3.63) is 71.4 Å². The topological polar surface area (TPSA) is 101 Å². The number of ether oxygens (including phenoxy) is 1. The molecule has 0 saturated carbocycles. The molecule has 0 aromatic carbocycles. The number of carboxylic acids is 1. The van der Waals surface area contributed by atoms with Gasteiger partial charge in [-0.25, -0.2) is 4.79 Å². The number of aliphatic hydroxyl groups is 1. The van der Waals surface area contributed by atoms with Crippen molar-refractivity contribution in [3.8, 4) is 0 Å². The fourth-order valence-corrected chi connectivity index (χ4v) is 4.44. The Morgan fingerprint density at radius 3 is 2.35 bits per heavy atom. The van der Waals surface area contributed by atoms with E-state index in [9.17, 15) is 19.5 Å². The van der Waals surface area contributed by atoms with Gasteiger partial charge in [0.15, 0.2) is 5.78 Å². The maximum absolute atomic E-state index is 12.9. The molecule has 1 aliphatic heterocycles. The highest BCUT2D eigenvalue weighted by Crippen LogP contribution is 2.24. The van der Waals surface area contributed by atoms with E-state index in [4.69, 9.17) is 9.84 Å². The minimum atomic E-state index is -1.01. The normalized spacial score (nSPS) is 21.8. The van der Waals surface area contributed by atoms with E-state index in [0.29, 0.717) is 24.5 Å². The molecule has 0 bridgehead atoms. The number of allylic oxidation sites excluding steroid dienone is 8. The lowest BCUT2D eigenvalue weighted by Gasteiger charge is -2.25. The van der Waals surface area contributed by atoms with Crippen molar-refractivity contribution in [1.29, 1.82) is 0 Å². The molecular weight excluding hydrogens is 468 g/mol. The zero-order valence-corrected chi connectivity index (χ0v) is 23.3. The molecule has 1 aliphatic rings. The van der Waals surface area contributed by atoms with Crippen molar-refractivity contribution < 1.29 is 29.3 Å². The average molecular weight is 513 g/mol. The zero-order chi connectivity index (χ0) is 28.1. The third-order valence-corrected chi connectivity index (χ3v) is 6.42. The van der Waals surface area contributed by atoms with Crippen LogP contribution in [0.2, 0.25) is 0 Å². The molecule has 1 rings (SSSR count). The first-order chi connectivity index (χ1) is 17.3. The summed E-state index contributed by atoms with van der Waals surface area (Å²) >= 11 is 0. The van der Waals surface area contributed by atoms with Gasteiger partial charge in [0.05, 0.1) is 12.7 Å². The minimum Gasteiger partial charge on any atom is -0.478 e. The van der Waals surface area contributed by atoms with E-state index in [1.54, 1.807) is 32.1 Å². The van der Waals surface area contributed by atoms with Gasteiger partial charge in [-0.1, -0.05) is 80.9 Å². The number of aliphatic hydroxyl groups excluding tert-OH is 1. The maximum Gasteiger partial charge on any atom is 0.328 e. The Morgan fingerprint density at radius 1 is 1.08 bits per heavy atom. The van der Waals surface area contributed by atoms with Gasteiger partial charge in [-0.3, -0.25) is 9.59 Å². The first-order valence-corrected chi connectivity index (χ1v) is 13.0. The van der Waals surface area contributed by atoms with Crippen LogP contribution in [-0.2, 0) is 19.1 Å². The Morgan fingerprint density at radius 2 is 1.73 bits per heavy atom. The van der Waals surface area contributed by atoms with Crippen LogP contribution in [0.3, 0.4) is 0 Å². The Hall–Kier alpha value is -2.83. The molecule has 204 valence electrons. The van der Waals surface area contributed by atoms with Crippen molar-refractivity contribution in [2.75, 3.05) is 6.61 Å². The number of carboxylic acid groups (broad SMARTS) is 1. The number of ketones is 2. The van der Waals surface area contributed by atoms with Crippen molar-refractivity contribution in [3.63, 3.8) is 0 Å². The second kappa shape index (κ2) is 16.1. The molecule has 0 radical (unpaired) electrons. The SMILES string of the molecule is CC(=C/C(C)C/C=C/C(C)=C/C(C)C(=O)C(C)C(O)C(C)C/C(C)=C/C(=O)O)/C=C/[C@@H]1OCC=CC1=O. The Bertz CT molecular complexity index is 978. The first kappa shape index (κ1) is 32.2. The van der Waals surface area contributed by atoms with Crippen LogP contribution in [0.5, 0.6) is 0 Å². The van der Waals surface area contributed by atoms with Crippen LogP contribution in [0.1, 0.15) is 61.3 Å². The molecule has 0 saturated heterocycles. The van der Waals surface area contributed by atoms with Gasteiger partial charge in [0, 0.05) is 17.9 Å². The molecule has 0 amide bonds. The van der Waals surface area contributed by atoms with Gasteiger partial charge in [-0.2, -0.15) is 0 Å². The van der Waals surface area contributed by atoms with Crippen LogP contribution in [0.25, 0.3) is 0 Å². The summed E-state index contributed by atoms with van der Waals surface area (Å²) < 4.78 is 5.42. The largest absolute Gasteiger partial charge is 0.478 e. The summed E-state index contributed by atoms with van der Waals surface area (Å²) in [4.78, 5) is 35.5. The molecule has 2 N–H and O–H groups in total. The number of carbonyl (C=O) groups is 3. The lowest BCUT2D eigenvalue weighted by atomic mass is 9.83. The lowest BCUT2D eigenvalue weighted by Crippen LogP contribution is -2.34. The maximum atomic E-state index is 12.9. The molecule has 0 fully saturated rings. The number of rotatable bonds is 14. The predicted octanol–water partition coefficient (Wildman–Crippen LogP) is 5.80. The van der Waals surface area contributed by atoms with Gasteiger partial charge >= 0.3 is 5.97 Å². The van der Waals surface area contributed by atoms with E-state index in [-0.39, 0.29) is 23.4 Å². The predicted molar refractivity (Wildman–Crippen MR) is 148 cm³/mol.